The smallest absolute Gasteiger partial charge is 0.254 e. The summed E-state index contributed by atoms with van der Waals surface area (Å²) < 4.78 is 24.8. The predicted octanol–water partition coefficient (Wildman–Crippen LogP) is 0.624. The van der Waals surface area contributed by atoms with E-state index in [-0.39, 0.29) is 29.2 Å². The number of sulfone groups is 1. The Morgan fingerprint density at radius 2 is 2.04 bits per heavy atom. The van der Waals surface area contributed by atoms with E-state index >= 15 is 0 Å². The van der Waals surface area contributed by atoms with Gasteiger partial charge in [-0.3, -0.25) is 14.2 Å². The predicted molar refractivity (Wildman–Crippen MR) is 92.1 cm³/mol. The number of nitrogens with zero attached hydrogens (tertiary/aromatic N) is 3. The summed E-state index contributed by atoms with van der Waals surface area (Å²) in [6.45, 7) is 2.71. The molecule has 2 aliphatic heterocycles. The molecule has 3 rings (SSSR count). The van der Waals surface area contributed by atoms with Gasteiger partial charge in [-0.25, -0.2) is 13.4 Å². The van der Waals surface area contributed by atoms with Gasteiger partial charge >= 0.3 is 0 Å². The van der Waals surface area contributed by atoms with Crippen molar-refractivity contribution in [2.75, 3.05) is 25.1 Å². The first-order chi connectivity index (χ1) is 11.3. The molecule has 1 atom stereocenters. The zero-order chi connectivity index (χ0) is 17.5. The maximum absolute atomic E-state index is 12.5. The van der Waals surface area contributed by atoms with Crippen LogP contribution in [0.4, 0.5) is 0 Å². The summed E-state index contributed by atoms with van der Waals surface area (Å²) in [7, 11) is -3.04. The Bertz CT molecular complexity index is 810. The number of aromatic nitrogens is 2. The number of fused-ring (bicyclic) bond motifs is 1. The molecule has 0 saturated carbocycles. The summed E-state index contributed by atoms with van der Waals surface area (Å²) in [5.41, 5.74) is 0.574. The second kappa shape index (κ2) is 6.51. The Labute approximate surface area is 145 Å². The molecule has 7 nitrogen and oxygen atoms in total. The lowest BCUT2D eigenvalue weighted by Gasteiger charge is -2.31. The van der Waals surface area contributed by atoms with Gasteiger partial charge in [0.15, 0.2) is 5.16 Å². The van der Waals surface area contributed by atoms with Crippen molar-refractivity contribution in [2.24, 2.45) is 0 Å². The zero-order valence-electron chi connectivity index (χ0n) is 13.8. The summed E-state index contributed by atoms with van der Waals surface area (Å²) >= 11 is 1.50. The summed E-state index contributed by atoms with van der Waals surface area (Å²) in [6, 6.07) is 1.32. The second-order valence-corrected chi connectivity index (χ2v) is 9.78. The van der Waals surface area contributed by atoms with Crippen LogP contribution in [0.15, 0.2) is 16.0 Å². The molecule has 0 N–H and O–H groups in total. The van der Waals surface area contributed by atoms with E-state index in [1.807, 2.05) is 0 Å². The number of amides is 1. The van der Waals surface area contributed by atoms with E-state index < -0.39 is 9.84 Å². The first kappa shape index (κ1) is 17.5. The molecule has 1 aromatic rings. The number of carbonyl (C=O) groups excluding carboxylic acids is 1. The first-order valence-corrected chi connectivity index (χ1v) is 10.9. The molecule has 3 heterocycles. The van der Waals surface area contributed by atoms with E-state index in [1.165, 1.54) is 24.1 Å². The van der Waals surface area contributed by atoms with Crippen molar-refractivity contribution in [3.8, 4) is 0 Å². The molecule has 1 aromatic heterocycles. The number of rotatable bonds is 3. The lowest BCUT2D eigenvalue weighted by molar-refractivity contribution is -0.132. The highest BCUT2D eigenvalue weighted by atomic mass is 32.2. The minimum Gasteiger partial charge on any atom is -0.343 e. The molecule has 0 aromatic carbocycles. The van der Waals surface area contributed by atoms with Crippen LogP contribution in [0.1, 0.15) is 31.0 Å². The largest absolute Gasteiger partial charge is 0.343 e. The van der Waals surface area contributed by atoms with Crippen molar-refractivity contribution < 1.29 is 13.2 Å². The Hall–Kier alpha value is -1.35. The van der Waals surface area contributed by atoms with Gasteiger partial charge in [-0.2, -0.15) is 0 Å². The van der Waals surface area contributed by atoms with E-state index in [0.29, 0.717) is 42.5 Å². The maximum atomic E-state index is 12.5. The van der Waals surface area contributed by atoms with E-state index in [2.05, 4.69) is 4.98 Å². The molecular formula is C15H21N3O4S2. The average Bonchev–Trinajstić information content (AvgIpc) is 2.89. The minimum atomic E-state index is -3.04. The van der Waals surface area contributed by atoms with Crippen LogP contribution in [0.3, 0.4) is 0 Å². The van der Waals surface area contributed by atoms with Gasteiger partial charge in [-0.05, 0) is 19.8 Å². The third-order valence-electron chi connectivity index (χ3n) is 4.63. The third-order valence-corrected chi connectivity index (χ3v) is 7.41. The van der Waals surface area contributed by atoms with Gasteiger partial charge in [0.25, 0.3) is 5.56 Å². The molecule has 0 aliphatic carbocycles. The molecule has 1 amide bonds. The van der Waals surface area contributed by atoms with Crippen molar-refractivity contribution in [3.05, 3.63) is 22.1 Å². The highest BCUT2D eigenvalue weighted by Gasteiger charge is 2.32. The standard InChI is InChI=1S/C15H21N3O4S2/c1-10-7-14(20)18-11(9-23-15(18)16-10)8-13(19)17-5-3-12(4-6-17)24(2,21)22/h7,11-12H,3-6,8-9H2,1-2H3. The average molecular weight is 371 g/mol. The van der Waals surface area contributed by atoms with E-state index in [0.717, 1.165) is 0 Å². The van der Waals surface area contributed by atoms with Gasteiger partial charge in [0.2, 0.25) is 5.91 Å². The molecule has 9 heteroatoms. The molecule has 2 aliphatic rings. The van der Waals surface area contributed by atoms with Crippen LogP contribution in [0.2, 0.25) is 0 Å². The van der Waals surface area contributed by atoms with Crippen LogP contribution >= 0.6 is 11.8 Å². The fourth-order valence-electron chi connectivity index (χ4n) is 3.28. The Balaban J connectivity index is 1.65. The number of carbonyl (C=O) groups is 1. The summed E-state index contributed by atoms with van der Waals surface area (Å²) in [6.07, 6.45) is 2.49. The topological polar surface area (TPSA) is 89.3 Å². The van der Waals surface area contributed by atoms with Gasteiger partial charge in [0.1, 0.15) is 9.84 Å². The van der Waals surface area contributed by atoms with Gasteiger partial charge in [-0.1, -0.05) is 11.8 Å². The van der Waals surface area contributed by atoms with Crippen LogP contribution in [0.5, 0.6) is 0 Å². The summed E-state index contributed by atoms with van der Waals surface area (Å²) in [5.74, 6) is 0.643. The fraction of sp³-hybridized carbons (Fsp3) is 0.667. The maximum Gasteiger partial charge on any atom is 0.254 e. The summed E-state index contributed by atoms with van der Waals surface area (Å²) in [4.78, 5) is 30.8. The highest BCUT2D eigenvalue weighted by Crippen LogP contribution is 2.32. The Morgan fingerprint density at radius 3 is 2.67 bits per heavy atom. The van der Waals surface area contributed by atoms with Crippen molar-refractivity contribution in [2.45, 2.75) is 42.6 Å². The molecule has 1 fully saturated rings. The molecule has 24 heavy (non-hydrogen) atoms. The Morgan fingerprint density at radius 1 is 1.38 bits per heavy atom. The molecule has 132 valence electrons. The molecule has 1 unspecified atom stereocenters. The van der Waals surface area contributed by atoms with E-state index in [9.17, 15) is 18.0 Å². The van der Waals surface area contributed by atoms with E-state index in [4.69, 9.17) is 0 Å². The van der Waals surface area contributed by atoms with Gasteiger partial charge in [-0.15, -0.1) is 0 Å². The van der Waals surface area contributed by atoms with Crippen molar-refractivity contribution >= 4 is 27.5 Å². The van der Waals surface area contributed by atoms with E-state index in [1.54, 1.807) is 16.4 Å². The van der Waals surface area contributed by atoms with Gasteiger partial charge in [0.05, 0.1) is 11.3 Å². The van der Waals surface area contributed by atoms with Crippen LogP contribution in [0.25, 0.3) is 0 Å². The monoisotopic (exact) mass is 371 g/mol. The normalized spacial score (nSPS) is 21.8. The fourth-order valence-corrected chi connectivity index (χ4v) is 5.54. The molecule has 0 spiro atoms. The zero-order valence-corrected chi connectivity index (χ0v) is 15.4. The lowest BCUT2D eigenvalue weighted by Crippen LogP contribution is -2.43. The molecular weight excluding hydrogens is 350 g/mol. The van der Waals surface area contributed by atoms with Crippen LogP contribution < -0.4 is 5.56 Å². The second-order valence-electron chi connectivity index (χ2n) is 6.47. The highest BCUT2D eigenvalue weighted by molar-refractivity contribution is 7.99. The minimum absolute atomic E-state index is 0.0205. The molecule has 1 saturated heterocycles. The van der Waals surface area contributed by atoms with Crippen LogP contribution in [-0.4, -0.2) is 59.1 Å². The van der Waals surface area contributed by atoms with Crippen molar-refractivity contribution in [1.29, 1.82) is 0 Å². The summed E-state index contributed by atoms with van der Waals surface area (Å²) in [5, 5.41) is 0.327. The number of piperidine rings is 1. The van der Waals surface area contributed by atoms with Gasteiger partial charge < -0.3 is 4.90 Å². The number of aryl methyl sites for hydroxylation is 1. The van der Waals surface area contributed by atoms with Crippen LogP contribution in [-0.2, 0) is 14.6 Å². The number of thioether (sulfide) groups is 1. The van der Waals surface area contributed by atoms with Gasteiger partial charge in [0, 0.05) is 43.3 Å². The SMILES string of the molecule is Cc1cc(=O)n2c(n1)SCC2CC(=O)N1CCC(S(C)(=O)=O)CC1. The molecule has 0 radical (unpaired) electrons. The first-order valence-electron chi connectivity index (χ1n) is 7.95. The van der Waals surface area contributed by atoms with Crippen molar-refractivity contribution in [1.82, 2.24) is 14.5 Å². The Kier molecular flexibility index (Phi) is 4.74. The van der Waals surface area contributed by atoms with Crippen molar-refractivity contribution in [3.63, 3.8) is 0 Å². The lowest BCUT2D eigenvalue weighted by atomic mass is 10.1. The van der Waals surface area contributed by atoms with Crippen LogP contribution in [0, 0.1) is 6.92 Å². The number of likely N-dealkylation sites (tertiary alicyclic amines) is 1. The number of hydrogen-bond acceptors (Lipinski definition) is 6. The number of hydrogen-bond donors (Lipinski definition) is 0. The molecule has 0 bridgehead atoms. The third kappa shape index (κ3) is 3.51. The quantitative estimate of drug-likeness (QED) is 0.724.